The van der Waals surface area contributed by atoms with E-state index in [9.17, 15) is 0 Å². The normalized spacial score (nSPS) is 12.2. The van der Waals surface area contributed by atoms with Crippen LogP contribution in [0.25, 0.3) is 0 Å². The first-order valence-electron chi connectivity index (χ1n) is 5.90. The van der Waals surface area contributed by atoms with E-state index in [2.05, 4.69) is 16.8 Å². The third-order valence-electron chi connectivity index (χ3n) is 2.66. The van der Waals surface area contributed by atoms with Gasteiger partial charge in [0.05, 0.1) is 5.02 Å². The van der Waals surface area contributed by atoms with Gasteiger partial charge in [-0.1, -0.05) is 29.3 Å². The number of allylic oxidation sites excluding steroid dienone is 1. The third kappa shape index (κ3) is 3.23. The molecule has 0 saturated heterocycles. The first kappa shape index (κ1) is 15.1. The standard InChI is InChI=1S/C13H13Cl2N3OS/c1-3-6-18-12(16-17-13(18)20)8(2)19-11-5-4-9(14)7-10(11)15/h3-5,7-8H,1,6H2,2H3,(H,17,20). The van der Waals surface area contributed by atoms with Crippen molar-refractivity contribution >= 4 is 35.4 Å². The number of ether oxygens (including phenoxy) is 1. The molecule has 106 valence electrons. The molecule has 1 unspecified atom stereocenters. The lowest BCUT2D eigenvalue weighted by Gasteiger charge is -2.15. The molecule has 7 heteroatoms. The number of aromatic amines is 1. The van der Waals surface area contributed by atoms with E-state index in [4.69, 9.17) is 40.2 Å². The summed E-state index contributed by atoms with van der Waals surface area (Å²) in [5, 5.41) is 7.94. The predicted octanol–water partition coefficient (Wildman–Crippen LogP) is 4.57. The molecule has 4 nitrogen and oxygen atoms in total. The molecular formula is C13H13Cl2N3OS. The number of halogens is 2. The molecule has 2 rings (SSSR count). The molecule has 0 fully saturated rings. The summed E-state index contributed by atoms with van der Waals surface area (Å²) < 4.78 is 8.15. The Labute approximate surface area is 132 Å². The number of aromatic nitrogens is 3. The Morgan fingerprint density at radius 1 is 1.55 bits per heavy atom. The summed E-state index contributed by atoms with van der Waals surface area (Å²) >= 11 is 17.1. The molecular weight excluding hydrogens is 317 g/mol. The molecule has 0 amide bonds. The number of nitrogens with one attached hydrogen (secondary N) is 1. The highest BCUT2D eigenvalue weighted by molar-refractivity contribution is 7.71. The molecule has 1 aromatic heterocycles. The molecule has 1 aromatic carbocycles. The Kier molecular flexibility index (Phi) is 4.86. The zero-order valence-corrected chi connectivity index (χ0v) is 13.1. The molecule has 0 radical (unpaired) electrons. The molecule has 0 aliphatic carbocycles. The highest BCUT2D eigenvalue weighted by atomic mass is 35.5. The number of hydrogen-bond donors (Lipinski definition) is 1. The number of rotatable bonds is 5. The fourth-order valence-corrected chi connectivity index (χ4v) is 2.43. The van der Waals surface area contributed by atoms with Crippen molar-refractivity contribution in [3.8, 4) is 5.75 Å². The van der Waals surface area contributed by atoms with Crippen LogP contribution in [-0.2, 0) is 6.54 Å². The van der Waals surface area contributed by atoms with Gasteiger partial charge in [-0.05, 0) is 37.3 Å². The molecule has 0 aliphatic rings. The molecule has 1 atom stereocenters. The zero-order valence-electron chi connectivity index (χ0n) is 10.8. The maximum absolute atomic E-state index is 6.09. The van der Waals surface area contributed by atoms with Gasteiger partial charge >= 0.3 is 0 Å². The van der Waals surface area contributed by atoms with Crippen LogP contribution >= 0.6 is 35.4 Å². The van der Waals surface area contributed by atoms with Crippen LogP contribution in [0.1, 0.15) is 18.9 Å². The van der Waals surface area contributed by atoms with E-state index in [1.54, 1.807) is 24.3 Å². The molecule has 0 spiro atoms. The van der Waals surface area contributed by atoms with Crippen molar-refractivity contribution in [2.45, 2.75) is 19.6 Å². The van der Waals surface area contributed by atoms with Gasteiger partial charge in [-0.25, -0.2) is 0 Å². The summed E-state index contributed by atoms with van der Waals surface area (Å²) in [5.41, 5.74) is 0. The number of hydrogen-bond acceptors (Lipinski definition) is 3. The van der Waals surface area contributed by atoms with Gasteiger partial charge < -0.3 is 4.74 Å². The van der Waals surface area contributed by atoms with Crippen molar-refractivity contribution in [3.05, 3.63) is 51.5 Å². The minimum absolute atomic E-state index is 0.318. The van der Waals surface area contributed by atoms with Gasteiger partial charge in [0, 0.05) is 11.6 Å². The first-order chi connectivity index (χ1) is 9.52. The van der Waals surface area contributed by atoms with E-state index >= 15 is 0 Å². The lowest BCUT2D eigenvalue weighted by Crippen LogP contribution is -2.11. The Balaban J connectivity index is 2.26. The maximum Gasteiger partial charge on any atom is 0.195 e. The highest BCUT2D eigenvalue weighted by Gasteiger charge is 2.16. The van der Waals surface area contributed by atoms with Gasteiger partial charge in [0.2, 0.25) is 0 Å². The topological polar surface area (TPSA) is 42.8 Å². The maximum atomic E-state index is 6.09. The van der Waals surface area contributed by atoms with Crippen molar-refractivity contribution in [1.82, 2.24) is 14.8 Å². The quantitative estimate of drug-likeness (QED) is 0.645. The summed E-state index contributed by atoms with van der Waals surface area (Å²) in [4.78, 5) is 0. The van der Waals surface area contributed by atoms with E-state index in [0.717, 1.165) is 0 Å². The van der Waals surface area contributed by atoms with Crippen LogP contribution in [0.15, 0.2) is 30.9 Å². The van der Waals surface area contributed by atoms with E-state index in [0.29, 0.717) is 32.9 Å². The van der Waals surface area contributed by atoms with Gasteiger partial charge in [-0.2, -0.15) is 5.10 Å². The Hall–Kier alpha value is -1.30. The molecule has 1 N–H and O–H groups in total. The Morgan fingerprint density at radius 3 is 2.95 bits per heavy atom. The van der Waals surface area contributed by atoms with Crippen molar-refractivity contribution in [3.63, 3.8) is 0 Å². The molecule has 0 bridgehead atoms. The average Bonchev–Trinajstić information content (AvgIpc) is 2.75. The largest absolute Gasteiger partial charge is 0.481 e. The summed E-state index contributed by atoms with van der Waals surface area (Å²) in [5.74, 6) is 1.23. The van der Waals surface area contributed by atoms with Crippen LogP contribution < -0.4 is 4.74 Å². The smallest absolute Gasteiger partial charge is 0.195 e. The number of nitrogens with zero attached hydrogens (tertiary/aromatic N) is 2. The molecule has 1 heterocycles. The second kappa shape index (κ2) is 6.43. The van der Waals surface area contributed by atoms with Gasteiger partial charge in [0.1, 0.15) is 5.75 Å². The SMILES string of the molecule is C=CCn1c(C(C)Oc2ccc(Cl)cc2Cl)n[nH]c1=S. The van der Waals surface area contributed by atoms with Crippen LogP contribution in [0.4, 0.5) is 0 Å². The van der Waals surface area contributed by atoms with Crippen LogP contribution in [0.2, 0.25) is 10.0 Å². The van der Waals surface area contributed by atoms with E-state index in [1.807, 2.05) is 11.5 Å². The summed E-state index contributed by atoms with van der Waals surface area (Å²) in [6, 6.07) is 5.07. The first-order valence-corrected chi connectivity index (χ1v) is 7.07. The molecule has 0 aliphatic heterocycles. The van der Waals surface area contributed by atoms with Gasteiger partial charge in [-0.15, -0.1) is 6.58 Å². The third-order valence-corrected chi connectivity index (χ3v) is 3.50. The van der Waals surface area contributed by atoms with Crippen LogP contribution in [0, 0.1) is 4.77 Å². The second-order valence-corrected chi connectivity index (χ2v) is 5.35. The molecule has 20 heavy (non-hydrogen) atoms. The molecule has 2 aromatic rings. The summed E-state index contributed by atoms with van der Waals surface area (Å²) in [6.45, 7) is 6.13. The lowest BCUT2D eigenvalue weighted by atomic mass is 10.3. The van der Waals surface area contributed by atoms with Crippen molar-refractivity contribution < 1.29 is 4.74 Å². The fraction of sp³-hybridized carbons (Fsp3) is 0.231. The van der Waals surface area contributed by atoms with Gasteiger partial charge in [0.25, 0.3) is 0 Å². The second-order valence-electron chi connectivity index (χ2n) is 4.12. The van der Waals surface area contributed by atoms with Crippen molar-refractivity contribution in [2.24, 2.45) is 0 Å². The minimum atomic E-state index is -0.318. The fourth-order valence-electron chi connectivity index (χ4n) is 1.76. The summed E-state index contributed by atoms with van der Waals surface area (Å²) in [7, 11) is 0. The van der Waals surface area contributed by atoms with Gasteiger partial charge in [0.15, 0.2) is 16.7 Å². The predicted molar refractivity (Wildman–Crippen MR) is 83.1 cm³/mol. The van der Waals surface area contributed by atoms with E-state index in [-0.39, 0.29) is 6.10 Å². The lowest BCUT2D eigenvalue weighted by molar-refractivity contribution is 0.211. The number of benzene rings is 1. The highest BCUT2D eigenvalue weighted by Crippen LogP contribution is 2.30. The summed E-state index contributed by atoms with van der Waals surface area (Å²) in [6.07, 6.45) is 1.43. The average molecular weight is 330 g/mol. The van der Waals surface area contributed by atoms with Gasteiger partial charge in [-0.3, -0.25) is 9.67 Å². The van der Waals surface area contributed by atoms with Crippen LogP contribution in [-0.4, -0.2) is 14.8 Å². The monoisotopic (exact) mass is 329 g/mol. The Bertz CT molecular complexity index is 680. The van der Waals surface area contributed by atoms with Crippen molar-refractivity contribution in [1.29, 1.82) is 0 Å². The molecule has 0 saturated carbocycles. The van der Waals surface area contributed by atoms with Crippen LogP contribution in [0.5, 0.6) is 5.75 Å². The van der Waals surface area contributed by atoms with E-state index < -0.39 is 0 Å². The Morgan fingerprint density at radius 2 is 2.30 bits per heavy atom. The van der Waals surface area contributed by atoms with Crippen LogP contribution in [0.3, 0.4) is 0 Å². The minimum Gasteiger partial charge on any atom is -0.481 e. The van der Waals surface area contributed by atoms with E-state index in [1.165, 1.54) is 0 Å². The van der Waals surface area contributed by atoms with Crippen molar-refractivity contribution in [2.75, 3.05) is 0 Å². The number of H-pyrrole nitrogens is 1. The zero-order chi connectivity index (χ0) is 14.7.